The highest BCUT2D eigenvalue weighted by molar-refractivity contribution is 5.92. The standard InChI is InChI=1S/C15H17N5O4/c1-23-13-7-16-8-14(17-13)24-10-3-2-6-20(9-10)15(22)11-4-5-12(21)19-18-11/h4-5,7-8,10H,2-3,6,9H2,1H3,(H,19,21). The van der Waals surface area contributed by atoms with Gasteiger partial charge in [0.15, 0.2) is 0 Å². The molecule has 0 bridgehead atoms. The van der Waals surface area contributed by atoms with Crippen molar-refractivity contribution in [3.8, 4) is 11.8 Å². The molecule has 0 aromatic carbocycles. The van der Waals surface area contributed by atoms with Gasteiger partial charge in [0.1, 0.15) is 11.8 Å². The lowest BCUT2D eigenvalue weighted by Crippen LogP contribution is -2.44. The van der Waals surface area contributed by atoms with E-state index in [9.17, 15) is 9.59 Å². The summed E-state index contributed by atoms with van der Waals surface area (Å²) in [5, 5.41) is 6.04. The minimum absolute atomic E-state index is 0.188. The molecule has 1 atom stereocenters. The van der Waals surface area contributed by atoms with Crippen LogP contribution >= 0.6 is 0 Å². The second kappa shape index (κ2) is 7.07. The number of piperidine rings is 1. The van der Waals surface area contributed by atoms with Crippen LogP contribution in [0.15, 0.2) is 29.3 Å². The summed E-state index contributed by atoms with van der Waals surface area (Å²) in [6.07, 6.45) is 4.42. The number of aromatic amines is 1. The van der Waals surface area contributed by atoms with Crippen LogP contribution in [0.5, 0.6) is 11.8 Å². The third kappa shape index (κ3) is 3.67. The van der Waals surface area contributed by atoms with Crippen LogP contribution in [0.1, 0.15) is 23.3 Å². The molecule has 9 nitrogen and oxygen atoms in total. The van der Waals surface area contributed by atoms with Crippen LogP contribution in [0.2, 0.25) is 0 Å². The van der Waals surface area contributed by atoms with E-state index in [1.165, 1.54) is 31.6 Å². The van der Waals surface area contributed by atoms with E-state index in [1.807, 2.05) is 0 Å². The van der Waals surface area contributed by atoms with E-state index in [1.54, 1.807) is 4.90 Å². The Morgan fingerprint density at radius 1 is 1.33 bits per heavy atom. The second-order valence-electron chi connectivity index (χ2n) is 5.34. The first-order valence-corrected chi connectivity index (χ1v) is 7.53. The van der Waals surface area contributed by atoms with Crippen LogP contribution in [0, 0.1) is 0 Å². The number of methoxy groups -OCH3 is 1. The van der Waals surface area contributed by atoms with Crippen LogP contribution in [0.4, 0.5) is 0 Å². The van der Waals surface area contributed by atoms with Crippen LogP contribution in [-0.2, 0) is 0 Å². The first-order chi connectivity index (χ1) is 11.7. The maximum atomic E-state index is 12.4. The van der Waals surface area contributed by atoms with Crippen molar-refractivity contribution in [3.63, 3.8) is 0 Å². The Hall–Kier alpha value is -2.97. The van der Waals surface area contributed by atoms with Gasteiger partial charge in [-0.05, 0) is 18.9 Å². The van der Waals surface area contributed by atoms with E-state index in [4.69, 9.17) is 9.47 Å². The number of likely N-dealkylation sites (tertiary alicyclic amines) is 1. The lowest BCUT2D eigenvalue weighted by molar-refractivity contribution is 0.0519. The van der Waals surface area contributed by atoms with Crippen molar-refractivity contribution in [2.45, 2.75) is 18.9 Å². The number of rotatable bonds is 4. The zero-order valence-electron chi connectivity index (χ0n) is 13.1. The summed E-state index contributed by atoms with van der Waals surface area (Å²) in [4.78, 5) is 33.3. The number of carbonyl (C=O) groups excluding carboxylic acids is 1. The molecule has 1 fully saturated rings. The Bertz CT molecular complexity index is 758. The van der Waals surface area contributed by atoms with Crippen LogP contribution < -0.4 is 15.0 Å². The molecule has 1 amide bonds. The zero-order chi connectivity index (χ0) is 16.9. The van der Waals surface area contributed by atoms with Gasteiger partial charge in [-0.15, -0.1) is 0 Å². The maximum Gasteiger partial charge on any atom is 0.274 e. The Kier molecular flexibility index (Phi) is 4.69. The fraction of sp³-hybridized carbons (Fsp3) is 0.400. The van der Waals surface area contributed by atoms with Crippen molar-refractivity contribution in [2.75, 3.05) is 20.2 Å². The number of amides is 1. The summed E-state index contributed by atoms with van der Waals surface area (Å²) in [5.41, 5.74) is -0.139. The number of nitrogens with one attached hydrogen (secondary N) is 1. The number of ether oxygens (including phenoxy) is 2. The molecule has 1 saturated heterocycles. The monoisotopic (exact) mass is 331 g/mol. The lowest BCUT2D eigenvalue weighted by Gasteiger charge is -2.32. The molecule has 1 unspecified atom stereocenters. The molecule has 2 aromatic heterocycles. The number of nitrogens with zero attached hydrogens (tertiary/aromatic N) is 4. The summed E-state index contributed by atoms with van der Waals surface area (Å²) in [7, 11) is 1.51. The average molecular weight is 331 g/mol. The molecule has 3 heterocycles. The maximum absolute atomic E-state index is 12.4. The summed E-state index contributed by atoms with van der Waals surface area (Å²) in [6, 6.07) is 2.70. The number of aromatic nitrogens is 4. The van der Waals surface area contributed by atoms with Gasteiger partial charge in [0.05, 0.1) is 26.0 Å². The predicted molar refractivity (Wildman–Crippen MR) is 83.0 cm³/mol. The molecule has 0 saturated carbocycles. The Labute approximate surface area is 137 Å². The van der Waals surface area contributed by atoms with Crippen molar-refractivity contribution in [1.82, 2.24) is 25.1 Å². The normalized spacial score (nSPS) is 17.4. The van der Waals surface area contributed by atoms with Crippen molar-refractivity contribution >= 4 is 5.91 Å². The van der Waals surface area contributed by atoms with E-state index in [0.717, 1.165) is 12.8 Å². The van der Waals surface area contributed by atoms with Gasteiger partial charge in [-0.1, -0.05) is 0 Å². The van der Waals surface area contributed by atoms with Gasteiger partial charge < -0.3 is 14.4 Å². The number of hydrogen-bond acceptors (Lipinski definition) is 7. The molecule has 1 aliphatic heterocycles. The first kappa shape index (κ1) is 15.9. The second-order valence-corrected chi connectivity index (χ2v) is 5.34. The van der Waals surface area contributed by atoms with E-state index in [-0.39, 0.29) is 23.3 Å². The van der Waals surface area contributed by atoms with E-state index >= 15 is 0 Å². The highest BCUT2D eigenvalue weighted by Gasteiger charge is 2.26. The van der Waals surface area contributed by atoms with Gasteiger partial charge in [0.2, 0.25) is 11.8 Å². The number of H-pyrrole nitrogens is 1. The van der Waals surface area contributed by atoms with Crippen molar-refractivity contribution in [3.05, 3.63) is 40.6 Å². The molecular formula is C15H17N5O4. The van der Waals surface area contributed by atoms with Crippen LogP contribution in [0.25, 0.3) is 0 Å². The van der Waals surface area contributed by atoms with Crippen molar-refractivity contribution in [2.24, 2.45) is 0 Å². The summed E-state index contributed by atoms with van der Waals surface area (Å²) >= 11 is 0. The molecule has 0 aliphatic carbocycles. The largest absolute Gasteiger partial charge is 0.480 e. The SMILES string of the molecule is COc1cncc(OC2CCCN(C(=O)c3ccc(=O)[nH]n3)C2)n1. The summed E-state index contributed by atoms with van der Waals surface area (Å²) < 4.78 is 10.8. The minimum atomic E-state index is -0.344. The average Bonchev–Trinajstić information content (AvgIpc) is 2.62. The fourth-order valence-corrected chi connectivity index (χ4v) is 2.50. The lowest BCUT2D eigenvalue weighted by atomic mass is 10.1. The third-order valence-electron chi connectivity index (χ3n) is 3.65. The number of carbonyl (C=O) groups is 1. The molecule has 9 heteroatoms. The topological polar surface area (TPSA) is 110 Å². The molecule has 0 spiro atoms. The van der Waals surface area contributed by atoms with Gasteiger partial charge in [-0.25, -0.2) is 5.10 Å². The molecule has 0 radical (unpaired) electrons. The molecule has 126 valence electrons. The molecular weight excluding hydrogens is 314 g/mol. The van der Waals surface area contributed by atoms with Gasteiger partial charge in [-0.3, -0.25) is 14.6 Å². The van der Waals surface area contributed by atoms with Crippen molar-refractivity contribution < 1.29 is 14.3 Å². The van der Waals surface area contributed by atoms with Gasteiger partial charge in [0, 0.05) is 12.6 Å². The fourth-order valence-electron chi connectivity index (χ4n) is 2.50. The molecule has 1 aliphatic rings. The van der Waals surface area contributed by atoms with Crippen molar-refractivity contribution in [1.29, 1.82) is 0 Å². The van der Waals surface area contributed by atoms with Crippen LogP contribution in [0.3, 0.4) is 0 Å². The van der Waals surface area contributed by atoms with Gasteiger partial charge in [0.25, 0.3) is 11.5 Å². The number of hydrogen-bond donors (Lipinski definition) is 1. The summed E-state index contributed by atoms with van der Waals surface area (Å²) in [6.45, 7) is 1.03. The van der Waals surface area contributed by atoms with E-state index in [2.05, 4.69) is 20.2 Å². The van der Waals surface area contributed by atoms with Gasteiger partial charge >= 0.3 is 0 Å². The molecule has 3 rings (SSSR count). The molecule has 1 N–H and O–H groups in total. The van der Waals surface area contributed by atoms with Crippen LogP contribution in [-0.4, -0.2) is 57.3 Å². The molecule has 2 aromatic rings. The van der Waals surface area contributed by atoms with E-state index in [0.29, 0.717) is 24.8 Å². The Balaban J connectivity index is 1.66. The quantitative estimate of drug-likeness (QED) is 0.855. The zero-order valence-corrected chi connectivity index (χ0v) is 13.1. The first-order valence-electron chi connectivity index (χ1n) is 7.53. The Morgan fingerprint density at radius 3 is 2.92 bits per heavy atom. The minimum Gasteiger partial charge on any atom is -0.480 e. The third-order valence-corrected chi connectivity index (χ3v) is 3.65. The predicted octanol–water partition coefficient (Wildman–Crippen LogP) is 0.252. The smallest absolute Gasteiger partial charge is 0.274 e. The summed E-state index contributed by atoms with van der Waals surface area (Å²) in [5.74, 6) is 0.487. The highest BCUT2D eigenvalue weighted by Crippen LogP contribution is 2.19. The highest BCUT2D eigenvalue weighted by atomic mass is 16.5. The Morgan fingerprint density at radius 2 is 2.17 bits per heavy atom. The van der Waals surface area contributed by atoms with E-state index < -0.39 is 0 Å². The molecule has 24 heavy (non-hydrogen) atoms. The van der Waals surface area contributed by atoms with Gasteiger partial charge in [-0.2, -0.15) is 10.1 Å².